The fraction of sp³-hybridized carbons (Fsp3) is 0.238. The molecule has 10 heteroatoms. The molecule has 0 saturated carbocycles. The second kappa shape index (κ2) is 9.26. The highest BCUT2D eigenvalue weighted by atomic mass is 16.5. The van der Waals surface area contributed by atoms with Crippen LogP contribution in [0.3, 0.4) is 0 Å². The second-order valence-corrected chi connectivity index (χ2v) is 6.67. The lowest BCUT2D eigenvalue weighted by Gasteiger charge is -2.07. The molecule has 0 aliphatic heterocycles. The van der Waals surface area contributed by atoms with E-state index in [4.69, 9.17) is 9.47 Å². The van der Waals surface area contributed by atoms with Crippen LogP contribution in [0.1, 0.15) is 21.7 Å². The van der Waals surface area contributed by atoms with E-state index < -0.39 is 0 Å². The Bertz CT molecular complexity index is 1190. The highest BCUT2D eigenvalue weighted by Gasteiger charge is 2.12. The Morgan fingerprint density at radius 3 is 2.71 bits per heavy atom. The van der Waals surface area contributed by atoms with Crippen LogP contribution in [0.5, 0.6) is 5.75 Å². The normalized spacial score (nSPS) is 10.9. The number of nitrogens with zero attached hydrogens (tertiary/aromatic N) is 6. The molecule has 0 radical (unpaired) electrons. The molecule has 0 spiro atoms. The lowest BCUT2D eigenvalue weighted by Crippen LogP contribution is -2.18. The Balaban J connectivity index is 1.54. The van der Waals surface area contributed by atoms with E-state index in [1.165, 1.54) is 6.20 Å². The van der Waals surface area contributed by atoms with Gasteiger partial charge in [-0.2, -0.15) is 0 Å². The molecular weight excluding hydrogens is 398 g/mol. The topological polar surface area (TPSA) is 116 Å². The SMILES string of the molecule is CNC(=O)c1cnc2nnc(Cc3cccc(-c4ncc(OCCOC)cn4)c3)n2c1. The van der Waals surface area contributed by atoms with Gasteiger partial charge < -0.3 is 14.8 Å². The summed E-state index contributed by atoms with van der Waals surface area (Å²) in [7, 11) is 3.20. The number of ether oxygens (including phenoxy) is 2. The molecule has 1 aromatic carbocycles. The van der Waals surface area contributed by atoms with Crippen LogP contribution in [-0.2, 0) is 11.2 Å². The quantitative estimate of drug-likeness (QED) is 0.428. The number of carbonyl (C=O) groups is 1. The maximum atomic E-state index is 11.9. The summed E-state index contributed by atoms with van der Waals surface area (Å²) in [6.45, 7) is 0.943. The van der Waals surface area contributed by atoms with Crippen molar-refractivity contribution >= 4 is 11.7 Å². The summed E-state index contributed by atoms with van der Waals surface area (Å²) in [5.41, 5.74) is 2.31. The van der Waals surface area contributed by atoms with Crippen molar-refractivity contribution < 1.29 is 14.3 Å². The Morgan fingerprint density at radius 1 is 1.10 bits per heavy atom. The number of methoxy groups -OCH3 is 1. The van der Waals surface area contributed by atoms with E-state index in [0.717, 1.165) is 11.1 Å². The van der Waals surface area contributed by atoms with Crippen molar-refractivity contribution in [3.05, 3.63) is 66.0 Å². The average molecular weight is 419 g/mol. The summed E-state index contributed by atoms with van der Waals surface area (Å²) in [5.74, 6) is 2.07. The molecule has 0 fully saturated rings. The highest BCUT2D eigenvalue weighted by molar-refractivity contribution is 5.93. The first-order valence-electron chi connectivity index (χ1n) is 9.63. The third kappa shape index (κ3) is 4.64. The molecule has 0 aliphatic carbocycles. The number of fused-ring (bicyclic) bond motifs is 1. The number of carbonyl (C=O) groups excluding carboxylic acids is 1. The fourth-order valence-corrected chi connectivity index (χ4v) is 3.00. The maximum Gasteiger partial charge on any atom is 0.255 e. The van der Waals surface area contributed by atoms with Crippen LogP contribution < -0.4 is 10.1 Å². The lowest BCUT2D eigenvalue weighted by molar-refractivity contribution is 0.0962. The van der Waals surface area contributed by atoms with E-state index in [1.807, 2.05) is 24.3 Å². The van der Waals surface area contributed by atoms with Crippen molar-refractivity contribution in [1.29, 1.82) is 0 Å². The first kappa shape index (κ1) is 20.4. The predicted molar refractivity (Wildman–Crippen MR) is 112 cm³/mol. The summed E-state index contributed by atoms with van der Waals surface area (Å²) in [4.78, 5) is 24.9. The molecule has 0 unspecified atom stereocenters. The summed E-state index contributed by atoms with van der Waals surface area (Å²) in [5, 5.41) is 10.9. The van der Waals surface area contributed by atoms with E-state index in [2.05, 4.69) is 30.5 Å². The molecule has 158 valence electrons. The van der Waals surface area contributed by atoms with Gasteiger partial charge in [0.1, 0.15) is 12.4 Å². The number of benzene rings is 1. The van der Waals surface area contributed by atoms with Crippen LogP contribution in [0.25, 0.3) is 17.2 Å². The monoisotopic (exact) mass is 419 g/mol. The Kier molecular flexibility index (Phi) is 6.08. The van der Waals surface area contributed by atoms with Crippen LogP contribution in [0.15, 0.2) is 49.1 Å². The minimum Gasteiger partial charge on any atom is -0.488 e. The summed E-state index contributed by atoms with van der Waals surface area (Å²) >= 11 is 0. The third-order valence-electron chi connectivity index (χ3n) is 4.56. The first-order valence-corrected chi connectivity index (χ1v) is 9.63. The van der Waals surface area contributed by atoms with Gasteiger partial charge in [0.2, 0.25) is 0 Å². The molecule has 0 atom stereocenters. The van der Waals surface area contributed by atoms with Gasteiger partial charge in [-0.15, -0.1) is 10.2 Å². The first-order chi connectivity index (χ1) is 15.2. The zero-order chi connectivity index (χ0) is 21.6. The zero-order valence-electron chi connectivity index (χ0n) is 17.1. The van der Waals surface area contributed by atoms with Crippen molar-refractivity contribution in [3.8, 4) is 17.1 Å². The van der Waals surface area contributed by atoms with Gasteiger partial charge >= 0.3 is 0 Å². The third-order valence-corrected chi connectivity index (χ3v) is 4.56. The molecule has 10 nitrogen and oxygen atoms in total. The molecule has 31 heavy (non-hydrogen) atoms. The molecule has 1 N–H and O–H groups in total. The van der Waals surface area contributed by atoms with Crippen LogP contribution in [0.4, 0.5) is 0 Å². The number of aromatic nitrogens is 6. The minimum absolute atomic E-state index is 0.220. The van der Waals surface area contributed by atoms with Crippen molar-refractivity contribution in [2.45, 2.75) is 6.42 Å². The molecule has 4 rings (SSSR count). The van der Waals surface area contributed by atoms with Gasteiger partial charge in [0.15, 0.2) is 11.6 Å². The highest BCUT2D eigenvalue weighted by Crippen LogP contribution is 2.19. The van der Waals surface area contributed by atoms with E-state index in [9.17, 15) is 4.79 Å². The van der Waals surface area contributed by atoms with Crippen LogP contribution in [0.2, 0.25) is 0 Å². The number of hydrogen-bond donors (Lipinski definition) is 1. The number of amides is 1. The van der Waals surface area contributed by atoms with E-state index in [1.54, 1.807) is 37.1 Å². The van der Waals surface area contributed by atoms with Crippen LogP contribution in [0, 0.1) is 0 Å². The Morgan fingerprint density at radius 2 is 1.94 bits per heavy atom. The minimum atomic E-state index is -0.220. The lowest BCUT2D eigenvalue weighted by atomic mass is 10.1. The molecule has 0 aliphatic rings. The van der Waals surface area contributed by atoms with E-state index in [0.29, 0.717) is 48.4 Å². The summed E-state index contributed by atoms with van der Waals surface area (Å²) in [6.07, 6.45) is 6.95. The molecule has 0 saturated heterocycles. The number of rotatable bonds is 8. The number of hydrogen-bond acceptors (Lipinski definition) is 8. The van der Waals surface area contributed by atoms with Crippen molar-refractivity contribution in [2.75, 3.05) is 27.4 Å². The predicted octanol–water partition coefficient (Wildman–Crippen LogP) is 1.56. The maximum absolute atomic E-state index is 11.9. The van der Waals surface area contributed by atoms with Gasteiger partial charge in [0.05, 0.1) is 24.6 Å². The number of nitrogens with one attached hydrogen (secondary N) is 1. The van der Waals surface area contributed by atoms with Gasteiger partial charge in [0, 0.05) is 38.5 Å². The standard InChI is InChI=1S/C21H21N7O3/c1-22-20(29)16-10-25-21-27-26-18(28(21)13-16)9-14-4-3-5-15(8-14)19-23-11-17(12-24-19)31-7-6-30-2/h3-5,8,10-13H,6-7,9H2,1-2H3,(H,22,29). The Hall–Kier alpha value is -3.92. The van der Waals surface area contributed by atoms with Gasteiger partial charge in [-0.25, -0.2) is 15.0 Å². The zero-order valence-corrected chi connectivity index (χ0v) is 17.1. The molecule has 0 bridgehead atoms. The van der Waals surface area contributed by atoms with Gasteiger partial charge in [0.25, 0.3) is 11.7 Å². The fourth-order valence-electron chi connectivity index (χ4n) is 3.00. The molecule has 1 amide bonds. The second-order valence-electron chi connectivity index (χ2n) is 6.67. The van der Waals surface area contributed by atoms with Gasteiger partial charge in [-0.1, -0.05) is 18.2 Å². The molecule has 3 aromatic heterocycles. The van der Waals surface area contributed by atoms with Crippen molar-refractivity contribution in [1.82, 2.24) is 34.9 Å². The summed E-state index contributed by atoms with van der Waals surface area (Å²) < 4.78 is 12.2. The van der Waals surface area contributed by atoms with Crippen molar-refractivity contribution in [3.63, 3.8) is 0 Å². The van der Waals surface area contributed by atoms with Gasteiger partial charge in [-0.05, 0) is 11.6 Å². The average Bonchev–Trinajstić information content (AvgIpc) is 3.21. The largest absolute Gasteiger partial charge is 0.488 e. The summed E-state index contributed by atoms with van der Waals surface area (Å²) in [6, 6.07) is 7.87. The van der Waals surface area contributed by atoms with Crippen LogP contribution >= 0.6 is 0 Å². The molecular formula is C21H21N7O3. The van der Waals surface area contributed by atoms with Crippen molar-refractivity contribution in [2.24, 2.45) is 0 Å². The molecule has 3 heterocycles. The Labute approximate surface area is 178 Å². The van der Waals surface area contributed by atoms with E-state index in [-0.39, 0.29) is 5.91 Å². The smallest absolute Gasteiger partial charge is 0.255 e. The van der Waals surface area contributed by atoms with E-state index >= 15 is 0 Å². The van der Waals surface area contributed by atoms with Gasteiger partial charge in [-0.3, -0.25) is 9.20 Å². The molecule has 4 aromatic rings. The van der Waals surface area contributed by atoms with Crippen LogP contribution in [-0.4, -0.2) is 62.8 Å².